The number of anilines is 1. The lowest BCUT2D eigenvalue weighted by Gasteiger charge is -2.17. The predicted molar refractivity (Wildman–Crippen MR) is 84.6 cm³/mol. The van der Waals surface area contributed by atoms with E-state index in [1.54, 1.807) is 11.9 Å². The number of benzene rings is 2. The van der Waals surface area contributed by atoms with E-state index in [2.05, 4.69) is 5.32 Å². The fourth-order valence-electron chi connectivity index (χ4n) is 1.99. The Morgan fingerprint density at radius 2 is 1.90 bits per heavy atom. The van der Waals surface area contributed by atoms with Crippen LogP contribution in [0.4, 0.5) is 5.69 Å². The molecular weight excluding hydrogens is 264 g/mol. The largest absolute Gasteiger partial charge is 0.484 e. The number of carbonyl (C=O) groups excluding carboxylic acids is 1. The number of carbonyl (C=O) groups is 1. The lowest BCUT2D eigenvalue weighted by molar-refractivity contribution is -0.120. The Hall–Kier alpha value is -2.33. The van der Waals surface area contributed by atoms with Gasteiger partial charge in [-0.15, -0.1) is 0 Å². The van der Waals surface area contributed by atoms with Crippen molar-refractivity contribution in [3.63, 3.8) is 0 Å². The molecule has 2 aromatic carbocycles. The quantitative estimate of drug-likeness (QED) is 0.886. The van der Waals surface area contributed by atoms with Gasteiger partial charge in [-0.3, -0.25) is 4.79 Å². The lowest BCUT2D eigenvalue weighted by Crippen LogP contribution is -2.31. The van der Waals surface area contributed by atoms with Gasteiger partial charge in [-0.05, 0) is 36.9 Å². The predicted octanol–water partition coefficient (Wildman–Crippen LogP) is 2.45. The van der Waals surface area contributed by atoms with Crippen LogP contribution in [0, 0.1) is 0 Å². The molecule has 1 amide bonds. The summed E-state index contributed by atoms with van der Waals surface area (Å²) in [4.78, 5) is 13.7. The van der Waals surface area contributed by atoms with E-state index >= 15 is 0 Å². The van der Waals surface area contributed by atoms with Crippen LogP contribution in [0.15, 0.2) is 54.6 Å². The highest BCUT2D eigenvalue weighted by atomic mass is 16.5. The Bertz CT molecular complexity index is 584. The molecule has 1 N–H and O–H groups in total. The first-order chi connectivity index (χ1) is 10.2. The Morgan fingerprint density at radius 3 is 2.62 bits per heavy atom. The first-order valence-electron chi connectivity index (χ1n) is 6.88. The molecule has 0 radical (unpaired) electrons. The van der Waals surface area contributed by atoms with Crippen LogP contribution < -0.4 is 15.0 Å². The zero-order chi connectivity index (χ0) is 15.1. The Morgan fingerprint density at radius 1 is 1.14 bits per heavy atom. The summed E-state index contributed by atoms with van der Waals surface area (Å²) < 4.78 is 5.58. The highest BCUT2D eigenvalue weighted by Crippen LogP contribution is 2.15. The summed E-state index contributed by atoms with van der Waals surface area (Å²) in [6.07, 6.45) is 0. The van der Waals surface area contributed by atoms with Crippen molar-refractivity contribution in [1.82, 2.24) is 5.32 Å². The van der Waals surface area contributed by atoms with Crippen LogP contribution in [0.3, 0.4) is 0 Å². The zero-order valence-electron chi connectivity index (χ0n) is 12.4. The standard InChI is InChI=1S/C17H20N2O2/c1-18-12-14-7-6-10-16(11-14)21-13-17(20)19(2)15-8-4-3-5-9-15/h3-11,18H,12-13H2,1-2H3. The van der Waals surface area contributed by atoms with Crippen LogP contribution in [0.2, 0.25) is 0 Å². The maximum absolute atomic E-state index is 12.1. The van der Waals surface area contributed by atoms with Crippen molar-refractivity contribution in [1.29, 1.82) is 0 Å². The van der Waals surface area contributed by atoms with Crippen molar-refractivity contribution in [2.24, 2.45) is 0 Å². The van der Waals surface area contributed by atoms with Gasteiger partial charge in [0.15, 0.2) is 6.61 Å². The third-order valence-corrected chi connectivity index (χ3v) is 3.16. The number of ether oxygens (including phenoxy) is 1. The number of nitrogens with zero attached hydrogens (tertiary/aromatic N) is 1. The van der Waals surface area contributed by atoms with Crippen molar-refractivity contribution in [3.05, 3.63) is 60.2 Å². The molecule has 0 aromatic heterocycles. The van der Waals surface area contributed by atoms with Crippen LogP contribution >= 0.6 is 0 Å². The van der Waals surface area contributed by atoms with E-state index in [4.69, 9.17) is 4.74 Å². The molecule has 0 aliphatic carbocycles. The summed E-state index contributed by atoms with van der Waals surface area (Å²) in [5.41, 5.74) is 1.98. The molecule has 0 spiro atoms. The van der Waals surface area contributed by atoms with Gasteiger partial charge in [0, 0.05) is 19.3 Å². The van der Waals surface area contributed by atoms with Crippen LogP contribution in [-0.4, -0.2) is 26.6 Å². The third kappa shape index (κ3) is 4.33. The molecule has 0 saturated carbocycles. The molecule has 4 nitrogen and oxygen atoms in total. The van der Waals surface area contributed by atoms with Gasteiger partial charge in [-0.1, -0.05) is 30.3 Å². The average Bonchev–Trinajstić information content (AvgIpc) is 2.53. The first kappa shape index (κ1) is 15.1. The van der Waals surface area contributed by atoms with Crippen LogP contribution in [0.25, 0.3) is 0 Å². The number of rotatable bonds is 6. The lowest BCUT2D eigenvalue weighted by atomic mass is 10.2. The minimum Gasteiger partial charge on any atom is -0.484 e. The van der Waals surface area contributed by atoms with Gasteiger partial charge in [0.25, 0.3) is 5.91 Å². The molecule has 0 unspecified atom stereocenters. The van der Waals surface area contributed by atoms with Gasteiger partial charge in [-0.25, -0.2) is 0 Å². The van der Waals surface area contributed by atoms with E-state index in [-0.39, 0.29) is 12.5 Å². The molecule has 2 aromatic rings. The summed E-state index contributed by atoms with van der Waals surface area (Å²) in [6, 6.07) is 17.3. The molecule has 2 rings (SSSR count). The molecule has 0 fully saturated rings. The van der Waals surface area contributed by atoms with Gasteiger partial charge in [0.2, 0.25) is 0 Å². The maximum Gasteiger partial charge on any atom is 0.264 e. The molecule has 110 valence electrons. The number of para-hydroxylation sites is 1. The van der Waals surface area contributed by atoms with E-state index in [1.165, 1.54) is 0 Å². The fraction of sp³-hybridized carbons (Fsp3) is 0.235. The monoisotopic (exact) mass is 284 g/mol. The number of hydrogen-bond donors (Lipinski definition) is 1. The van der Waals surface area contributed by atoms with Crippen molar-refractivity contribution in [2.75, 3.05) is 25.6 Å². The highest BCUT2D eigenvalue weighted by Gasteiger charge is 2.11. The second-order valence-electron chi connectivity index (χ2n) is 4.75. The summed E-state index contributed by atoms with van der Waals surface area (Å²) in [6.45, 7) is 0.795. The van der Waals surface area contributed by atoms with Crippen LogP contribution in [0.1, 0.15) is 5.56 Å². The molecule has 0 saturated heterocycles. The summed E-state index contributed by atoms with van der Waals surface area (Å²) in [5.74, 6) is 0.623. The summed E-state index contributed by atoms with van der Waals surface area (Å²) in [5, 5.41) is 3.09. The molecule has 0 bridgehead atoms. The van der Waals surface area contributed by atoms with E-state index in [1.807, 2.05) is 61.6 Å². The van der Waals surface area contributed by atoms with E-state index in [0.717, 1.165) is 17.8 Å². The smallest absolute Gasteiger partial charge is 0.264 e. The Labute approximate surface area is 125 Å². The molecule has 0 atom stereocenters. The van der Waals surface area contributed by atoms with Gasteiger partial charge < -0.3 is 15.0 Å². The molecule has 4 heteroatoms. The first-order valence-corrected chi connectivity index (χ1v) is 6.88. The number of hydrogen-bond acceptors (Lipinski definition) is 3. The van der Waals surface area contributed by atoms with Crippen LogP contribution in [0.5, 0.6) is 5.75 Å². The van der Waals surface area contributed by atoms with Gasteiger partial charge >= 0.3 is 0 Å². The number of nitrogens with one attached hydrogen (secondary N) is 1. The van der Waals surface area contributed by atoms with Gasteiger partial charge in [0.1, 0.15) is 5.75 Å². The maximum atomic E-state index is 12.1. The Balaban J connectivity index is 1.93. The molecule has 0 aliphatic rings. The summed E-state index contributed by atoms with van der Waals surface area (Å²) >= 11 is 0. The van der Waals surface area contributed by atoms with Crippen molar-refractivity contribution in [2.45, 2.75) is 6.54 Å². The molecule has 21 heavy (non-hydrogen) atoms. The SMILES string of the molecule is CNCc1cccc(OCC(=O)N(C)c2ccccc2)c1. The zero-order valence-corrected chi connectivity index (χ0v) is 12.4. The molecule has 0 heterocycles. The third-order valence-electron chi connectivity index (χ3n) is 3.16. The number of amides is 1. The second kappa shape index (κ2) is 7.45. The molecular formula is C17H20N2O2. The Kier molecular flexibility index (Phi) is 5.35. The van der Waals surface area contributed by atoms with Crippen molar-refractivity contribution >= 4 is 11.6 Å². The topological polar surface area (TPSA) is 41.6 Å². The minimum absolute atomic E-state index is 0.0222. The second-order valence-corrected chi connectivity index (χ2v) is 4.75. The highest BCUT2D eigenvalue weighted by molar-refractivity contribution is 5.93. The van der Waals surface area contributed by atoms with E-state index in [0.29, 0.717) is 5.75 Å². The van der Waals surface area contributed by atoms with Crippen molar-refractivity contribution < 1.29 is 9.53 Å². The fourth-order valence-corrected chi connectivity index (χ4v) is 1.99. The average molecular weight is 284 g/mol. The van der Waals surface area contributed by atoms with Crippen molar-refractivity contribution in [3.8, 4) is 5.75 Å². The molecule has 0 aliphatic heterocycles. The van der Waals surface area contributed by atoms with Crippen LogP contribution in [-0.2, 0) is 11.3 Å². The minimum atomic E-state index is -0.0831. The number of likely N-dealkylation sites (N-methyl/N-ethyl adjacent to an activating group) is 1. The van der Waals surface area contributed by atoms with E-state index in [9.17, 15) is 4.79 Å². The van der Waals surface area contributed by atoms with E-state index < -0.39 is 0 Å². The summed E-state index contributed by atoms with van der Waals surface area (Å²) in [7, 11) is 3.64. The van der Waals surface area contributed by atoms with Gasteiger partial charge in [0.05, 0.1) is 0 Å². The normalized spacial score (nSPS) is 10.2. The van der Waals surface area contributed by atoms with Gasteiger partial charge in [-0.2, -0.15) is 0 Å².